The lowest BCUT2D eigenvalue weighted by atomic mass is 9.99. The molecule has 1 aliphatic rings. The van der Waals surface area contributed by atoms with Gasteiger partial charge in [0.05, 0.1) is 18.1 Å². The van der Waals surface area contributed by atoms with Crippen molar-refractivity contribution >= 4 is 11.7 Å². The largest absolute Gasteiger partial charge is 0.396 e. The molecule has 116 valence electrons. The molecule has 22 heavy (non-hydrogen) atoms. The average molecular weight is 301 g/mol. The summed E-state index contributed by atoms with van der Waals surface area (Å²) in [4.78, 5) is 15.5. The second kappa shape index (κ2) is 6.57. The van der Waals surface area contributed by atoms with Gasteiger partial charge in [-0.1, -0.05) is 0 Å². The highest BCUT2D eigenvalue weighted by molar-refractivity contribution is 5.89. The van der Waals surface area contributed by atoms with Crippen molar-refractivity contribution in [3.63, 3.8) is 0 Å². The number of rotatable bonds is 3. The van der Waals surface area contributed by atoms with Crippen LogP contribution < -0.4 is 5.32 Å². The van der Waals surface area contributed by atoms with E-state index < -0.39 is 0 Å². The van der Waals surface area contributed by atoms with Crippen LogP contribution in [0.25, 0.3) is 5.69 Å². The minimum Gasteiger partial charge on any atom is -0.396 e. The summed E-state index contributed by atoms with van der Waals surface area (Å²) < 4.78 is 0. The van der Waals surface area contributed by atoms with E-state index in [9.17, 15) is 9.90 Å². The number of carbonyl (C=O) groups is 1. The number of nitrogens with zero attached hydrogens (tertiary/aromatic N) is 4. The highest BCUT2D eigenvalue weighted by Crippen LogP contribution is 2.18. The third-order valence-corrected chi connectivity index (χ3v) is 3.83. The first-order valence-corrected chi connectivity index (χ1v) is 7.40. The first-order valence-electron chi connectivity index (χ1n) is 7.40. The monoisotopic (exact) mass is 301 g/mol. The fraction of sp³-hybridized carbons (Fsp3) is 0.400. The lowest BCUT2D eigenvalue weighted by Gasteiger charge is -2.31. The Kier molecular flexibility index (Phi) is 4.34. The maximum absolute atomic E-state index is 12.2. The molecule has 1 saturated heterocycles. The van der Waals surface area contributed by atoms with Gasteiger partial charge in [-0.2, -0.15) is 15.0 Å². The highest BCUT2D eigenvalue weighted by Gasteiger charge is 2.23. The van der Waals surface area contributed by atoms with E-state index in [0.717, 1.165) is 30.8 Å². The average Bonchev–Trinajstić information content (AvgIpc) is 3.10. The number of aliphatic hydroxyl groups is 1. The van der Waals surface area contributed by atoms with Crippen LogP contribution in [-0.2, 0) is 0 Å². The minimum absolute atomic E-state index is 0.122. The zero-order chi connectivity index (χ0) is 15.4. The number of carbonyl (C=O) groups excluding carboxylic acids is 1. The van der Waals surface area contributed by atoms with E-state index in [2.05, 4.69) is 15.5 Å². The normalized spacial score (nSPS) is 18.2. The number of aromatic nitrogens is 3. The predicted octanol–water partition coefficient (Wildman–Crippen LogP) is 1.50. The topological polar surface area (TPSA) is 83.3 Å². The van der Waals surface area contributed by atoms with Gasteiger partial charge in [0.25, 0.3) is 0 Å². The van der Waals surface area contributed by atoms with Crippen molar-refractivity contribution in [1.82, 2.24) is 19.9 Å². The zero-order valence-corrected chi connectivity index (χ0v) is 12.2. The fourth-order valence-corrected chi connectivity index (χ4v) is 2.63. The molecule has 2 amide bonds. The molecule has 2 heterocycles. The summed E-state index contributed by atoms with van der Waals surface area (Å²) in [5.74, 6) is 0.188. The first kappa shape index (κ1) is 14.5. The fourth-order valence-electron chi connectivity index (χ4n) is 2.63. The number of amides is 2. The number of likely N-dealkylation sites (tertiary alicyclic amines) is 1. The summed E-state index contributed by atoms with van der Waals surface area (Å²) in [6.07, 6.45) is 5.14. The molecular formula is C15H19N5O2. The molecule has 0 saturated carbocycles. The molecule has 2 aromatic rings. The molecule has 3 rings (SSSR count). The summed E-state index contributed by atoms with van der Waals surface area (Å²) in [5.41, 5.74) is 1.56. The quantitative estimate of drug-likeness (QED) is 0.900. The van der Waals surface area contributed by atoms with Crippen molar-refractivity contribution in [1.29, 1.82) is 0 Å². The van der Waals surface area contributed by atoms with Crippen LogP contribution in [0.1, 0.15) is 12.8 Å². The summed E-state index contributed by atoms with van der Waals surface area (Å²) in [7, 11) is 0. The van der Waals surface area contributed by atoms with Crippen LogP contribution >= 0.6 is 0 Å². The molecule has 7 nitrogen and oxygen atoms in total. The molecular weight excluding hydrogens is 282 g/mol. The molecule has 0 aliphatic carbocycles. The van der Waals surface area contributed by atoms with E-state index in [1.54, 1.807) is 17.3 Å². The van der Waals surface area contributed by atoms with Crippen molar-refractivity contribution in [2.24, 2.45) is 5.92 Å². The van der Waals surface area contributed by atoms with Gasteiger partial charge in [0.15, 0.2) is 0 Å². The molecule has 1 aromatic heterocycles. The summed E-state index contributed by atoms with van der Waals surface area (Å²) in [6, 6.07) is 7.22. The van der Waals surface area contributed by atoms with E-state index in [0.29, 0.717) is 6.54 Å². The molecule has 1 aliphatic heterocycles. The Morgan fingerprint density at radius 3 is 2.68 bits per heavy atom. The van der Waals surface area contributed by atoms with Crippen LogP contribution in [-0.4, -0.2) is 50.7 Å². The van der Waals surface area contributed by atoms with Gasteiger partial charge in [-0.05, 0) is 43.0 Å². The summed E-state index contributed by atoms with van der Waals surface area (Å²) in [5, 5.41) is 20.2. The zero-order valence-electron chi connectivity index (χ0n) is 12.2. The van der Waals surface area contributed by atoms with Gasteiger partial charge in [-0.25, -0.2) is 4.79 Å². The van der Waals surface area contributed by atoms with E-state index in [-0.39, 0.29) is 18.6 Å². The van der Waals surface area contributed by atoms with Crippen LogP contribution in [0.15, 0.2) is 36.7 Å². The second-order valence-electron chi connectivity index (χ2n) is 5.43. The van der Waals surface area contributed by atoms with Gasteiger partial charge in [0.2, 0.25) is 0 Å². The van der Waals surface area contributed by atoms with Gasteiger partial charge in [-0.3, -0.25) is 0 Å². The number of aliphatic hydroxyl groups excluding tert-OH is 1. The number of hydrogen-bond acceptors (Lipinski definition) is 4. The Morgan fingerprint density at radius 1 is 1.27 bits per heavy atom. The van der Waals surface area contributed by atoms with E-state index in [1.807, 2.05) is 24.3 Å². The molecule has 1 aromatic carbocycles. The van der Waals surface area contributed by atoms with Crippen molar-refractivity contribution in [2.45, 2.75) is 12.8 Å². The van der Waals surface area contributed by atoms with Gasteiger partial charge in [0, 0.05) is 25.4 Å². The van der Waals surface area contributed by atoms with Crippen molar-refractivity contribution < 1.29 is 9.90 Å². The van der Waals surface area contributed by atoms with Crippen LogP contribution in [0.2, 0.25) is 0 Å². The third kappa shape index (κ3) is 3.25. The molecule has 1 fully saturated rings. The van der Waals surface area contributed by atoms with Crippen molar-refractivity contribution in [3.05, 3.63) is 36.7 Å². The van der Waals surface area contributed by atoms with Gasteiger partial charge < -0.3 is 15.3 Å². The van der Waals surface area contributed by atoms with E-state index in [1.165, 1.54) is 4.80 Å². The van der Waals surface area contributed by atoms with Crippen LogP contribution in [0.3, 0.4) is 0 Å². The van der Waals surface area contributed by atoms with Gasteiger partial charge in [-0.15, -0.1) is 0 Å². The predicted molar refractivity (Wildman–Crippen MR) is 81.8 cm³/mol. The number of piperidine rings is 1. The number of urea groups is 1. The van der Waals surface area contributed by atoms with Crippen LogP contribution in [0.5, 0.6) is 0 Å². The molecule has 0 radical (unpaired) electrons. The molecule has 7 heteroatoms. The molecule has 2 N–H and O–H groups in total. The lowest BCUT2D eigenvalue weighted by Crippen LogP contribution is -2.43. The maximum Gasteiger partial charge on any atom is 0.321 e. The summed E-state index contributed by atoms with van der Waals surface area (Å²) in [6.45, 7) is 1.48. The molecule has 1 unspecified atom stereocenters. The SMILES string of the molecule is O=C(Nc1ccc(-n2nccn2)cc1)N1CCCC(CO)C1. The first-order chi connectivity index (χ1) is 10.8. The smallest absolute Gasteiger partial charge is 0.321 e. The Balaban J connectivity index is 1.62. The standard InChI is InChI=1S/C15H19N5O2/c21-11-12-2-1-9-19(10-12)15(22)18-13-3-5-14(6-4-13)20-16-7-8-17-20/h3-8,12,21H,1-2,9-11H2,(H,18,22). The Hall–Kier alpha value is -2.41. The molecule has 0 spiro atoms. The van der Waals surface area contributed by atoms with Gasteiger partial charge in [0.1, 0.15) is 0 Å². The Bertz CT molecular complexity index is 611. The highest BCUT2D eigenvalue weighted by atomic mass is 16.3. The van der Waals surface area contributed by atoms with E-state index in [4.69, 9.17) is 0 Å². The van der Waals surface area contributed by atoms with Crippen LogP contribution in [0.4, 0.5) is 10.5 Å². The summed E-state index contributed by atoms with van der Waals surface area (Å²) >= 11 is 0. The maximum atomic E-state index is 12.2. The number of nitrogens with one attached hydrogen (secondary N) is 1. The minimum atomic E-state index is -0.122. The molecule has 1 atom stereocenters. The third-order valence-electron chi connectivity index (χ3n) is 3.83. The van der Waals surface area contributed by atoms with Gasteiger partial charge >= 0.3 is 6.03 Å². The van der Waals surface area contributed by atoms with Crippen LogP contribution in [0, 0.1) is 5.92 Å². The van der Waals surface area contributed by atoms with Crippen molar-refractivity contribution in [3.8, 4) is 5.69 Å². The number of anilines is 1. The molecule has 0 bridgehead atoms. The second-order valence-corrected chi connectivity index (χ2v) is 5.43. The number of hydrogen-bond donors (Lipinski definition) is 2. The number of benzene rings is 1. The Morgan fingerprint density at radius 2 is 2.00 bits per heavy atom. The Labute approximate surface area is 128 Å². The lowest BCUT2D eigenvalue weighted by molar-refractivity contribution is 0.136. The van der Waals surface area contributed by atoms with Crippen molar-refractivity contribution in [2.75, 3.05) is 25.0 Å². The van der Waals surface area contributed by atoms with E-state index >= 15 is 0 Å².